The summed E-state index contributed by atoms with van der Waals surface area (Å²) in [5, 5.41) is 0. The summed E-state index contributed by atoms with van der Waals surface area (Å²) >= 11 is 0. The van der Waals surface area contributed by atoms with E-state index in [-0.39, 0.29) is 6.04 Å². The summed E-state index contributed by atoms with van der Waals surface area (Å²) < 4.78 is 0. The Morgan fingerprint density at radius 2 is 2.00 bits per heavy atom. The maximum atomic E-state index is 6.08. The lowest BCUT2D eigenvalue weighted by Crippen LogP contribution is -2.23. The molecule has 1 aliphatic carbocycles. The van der Waals surface area contributed by atoms with Crippen molar-refractivity contribution in [3.8, 4) is 0 Å². The Morgan fingerprint density at radius 3 is 2.57 bits per heavy atom. The Hall–Kier alpha value is -1.00. The standard InChI is InChI=1S/C10H16N4/c11-8-3-2-7(6-8)9(12)10-13-4-1-5-14-10/h1,4-5,7-9H,2-3,6,11-12H2/t7-,8+,9?/m1/s1. The fraction of sp³-hybridized carbons (Fsp3) is 0.600. The molecule has 1 heterocycles. The quantitative estimate of drug-likeness (QED) is 0.719. The van der Waals surface area contributed by atoms with Crippen LogP contribution in [0.4, 0.5) is 0 Å². The largest absolute Gasteiger partial charge is 0.328 e. The number of nitrogens with zero attached hydrogens (tertiary/aromatic N) is 2. The van der Waals surface area contributed by atoms with Gasteiger partial charge in [0.05, 0.1) is 6.04 Å². The zero-order chi connectivity index (χ0) is 9.97. The zero-order valence-electron chi connectivity index (χ0n) is 8.13. The summed E-state index contributed by atoms with van der Waals surface area (Å²) in [5.41, 5.74) is 11.9. The molecule has 4 heteroatoms. The van der Waals surface area contributed by atoms with Crippen LogP contribution in [0.1, 0.15) is 31.1 Å². The lowest BCUT2D eigenvalue weighted by molar-refractivity contribution is 0.422. The van der Waals surface area contributed by atoms with Crippen LogP contribution in [-0.2, 0) is 0 Å². The molecule has 0 amide bonds. The minimum absolute atomic E-state index is 0.0512. The monoisotopic (exact) mass is 192 g/mol. The average Bonchev–Trinajstić information content (AvgIpc) is 2.65. The van der Waals surface area contributed by atoms with E-state index in [1.807, 2.05) is 0 Å². The summed E-state index contributed by atoms with van der Waals surface area (Å²) in [7, 11) is 0. The van der Waals surface area contributed by atoms with E-state index in [9.17, 15) is 0 Å². The molecule has 76 valence electrons. The smallest absolute Gasteiger partial charge is 0.145 e. The van der Waals surface area contributed by atoms with E-state index < -0.39 is 0 Å². The van der Waals surface area contributed by atoms with Gasteiger partial charge in [0.1, 0.15) is 5.82 Å². The van der Waals surface area contributed by atoms with Gasteiger partial charge in [-0.15, -0.1) is 0 Å². The summed E-state index contributed by atoms with van der Waals surface area (Å²) in [5.74, 6) is 1.19. The Labute approximate surface area is 83.7 Å². The van der Waals surface area contributed by atoms with Gasteiger partial charge in [-0.25, -0.2) is 9.97 Å². The molecular formula is C10H16N4. The highest BCUT2D eigenvalue weighted by atomic mass is 14.9. The maximum absolute atomic E-state index is 6.08. The number of hydrogen-bond donors (Lipinski definition) is 2. The summed E-state index contributed by atoms with van der Waals surface area (Å²) in [6.07, 6.45) is 6.64. The SMILES string of the molecule is NC(c1ncccn1)[C@@H]1CC[C@H](N)C1. The summed E-state index contributed by atoms with van der Waals surface area (Å²) in [4.78, 5) is 8.34. The van der Waals surface area contributed by atoms with E-state index in [1.54, 1.807) is 18.5 Å². The Morgan fingerprint density at radius 1 is 1.29 bits per heavy atom. The highest BCUT2D eigenvalue weighted by Gasteiger charge is 2.28. The molecule has 0 aromatic carbocycles. The molecule has 1 aromatic rings. The summed E-state index contributed by atoms with van der Waals surface area (Å²) in [6.45, 7) is 0. The molecule has 0 bridgehead atoms. The molecule has 1 saturated carbocycles. The van der Waals surface area contributed by atoms with Crippen LogP contribution in [-0.4, -0.2) is 16.0 Å². The van der Waals surface area contributed by atoms with Crippen molar-refractivity contribution in [3.05, 3.63) is 24.3 Å². The molecule has 2 rings (SSSR count). The van der Waals surface area contributed by atoms with Gasteiger partial charge in [-0.2, -0.15) is 0 Å². The van der Waals surface area contributed by atoms with Crippen molar-refractivity contribution in [3.63, 3.8) is 0 Å². The fourth-order valence-electron chi connectivity index (χ4n) is 2.07. The van der Waals surface area contributed by atoms with E-state index in [0.717, 1.165) is 25.1 Å². The number of aromatic nitrogens is 2. The lowest BCUT2D eigenvalue weighted by atomic mass is 9.98. The molecule has 4 nitrogen and oxygen atoms in total. The van der Waals surface area contributed by atoms with Crippen LogP contribution in [0, 0.1) is 5.92 Å². The number of nitrogens with two attached hydrogens (primary N) is 2. The van der Waals surface area contributed by atoms with Crippen molar-refractivity contribution in [2.24, 2.45) is 17.4 Å². The highest BCUT2D eigenvalue weighted by Crippen LogP contribution is 2.32. The minimum Gasteiger partial charge on any atom is -0.328 e. The van der Waals surface area contributed by atoms with E-state index in [0.29, 0.717) is 12.0 Å². The van der Waals surface area contributed by atoms with Gasteiger partial charge in [-0.3, -0.25) is 0 Å². The van der Waals surface area contributed by atoms with Crippen molar-refractivity contribution in [2.75, 3.05) is 0 Å². The van der Waals surface area contributed by atoms with Crippen LogP contribution in [0.5, 0.6) is 0 Å². The second kappa shape index (κ2) is 4.02. The molecule has 14 heavy (non-hydrogen) atoms. The van der Waals surface area contributed by atoms with Crippen molar-refractivity contribution in [1.82, 2.24) is 9.97 Å². The van der Waals surface area contributed by atoms with Gasteiger partial charge in [0.25, 0.3) is 0 Å². The van der Waals surface area contributed by atoms with Crippen LogP contribution in [0.15, 0.2) is 18.5 Å². The molecule has 1 unspecified atom stereocenters. The predicted molar refractivity (Wildman–Crippen MR) is 54.3 cm³/mol. The third-order valence-electron chi connectivity index (χ3n) is 2.91. The number of rotatable bonds is 2. The first-order chi connectivity index (χ1) is 6.77. The normalized spacial score (nSPS) is 29.0. The van der Waals surface area contributed by atoms with Gasteiger partial charge in [-0.05, 0) is 31.2 Å². The molecule has 4 N–H and O–H groups in total. The third kappa shape index (κ3) is 1.91. The fourth-order valence-corrected chi connectivity index (χ4v) is 2.07. The third-order valence-corrected chi connectivity index (χ3v) is 2.91. The Balaban J connectivity index is 2.05. The predicted octanol–water partition coefficient (Wildman–Crippen LogP) is 0.604. The average molecular weight is 192 g/mol. The molecule has 1 aromatic heterocycles. The van der Waals surface area contributed by atoms with E-state index in [2.05, 4.69) is 9.97 Å². The van der Waals surface area contributed by atoms with E-state index >= 15 is 0 Å². The molecule has 0 saturated heterocycles. The minimum atomic E-state index is -0.0512. The van der Waals surface area contributed by atoms with Crippen molar-refractivity contribution in [2.45, 2.75) is 31.3 Å². The van der Waals surface area contributed by atoms with Gasteiger partial charge < -0.3 is 11.5 Å². The van der Waals surface area contributed by atoms with Gasteiger partial charge in [-0.1, -0.05) is 0 Å². The van der Waals surface area contributed by atoms with Crippen LogP contribution in [0.25, 0.3) is 0 Å². The maximum Gasteiger partial charge on any atom is 0.145 e. The molecule has 0 aliphatic heterocycles. The topological polar surface area (TPSA) is 77.8 Å². The first kappa shape index (κ1) is 9.55. The molecule has 0 spiro atoms. The second-order valence-electron chi connectivity index (χ2n) is 3.97. The van der Waals surface area contributed by atoms with Crippen LogP contribution >= 0.6 is 0 Å². The molecule has 0 radical (unpaired) electrons. The van der Waals surface area contributed by atoms with Gasteiger partial charge in [0, 0.05) is 18.4 Å². The van der Waals surface area contributed by atoms with E-state index in [1.165, 1.54) is 0 Å². The highest BCUT2D eigenvalue weighted by molar-refractivity contribution is 4.99. The molecule has 3 atom stereocenters. The first-order valence-electron chi connectivity index (χ1n) is 5.05. The van der Waals surface area contributed by atoms with Gasteiger partial charge in [0.2, 0.25) is 0 Å². The van der Waals surface area contributed by atoms with Gasteiger partial charge in [0.15, 0.2) is 0 Å². The Kier molecular flexibility index (Phi) is 2.74. The Bertz CT molecular complexity index is 287. The lowest BCUT2D eigenvalue weighted by Gasteiger charge is -2.16. The van der Waals surface area contributed by atoms with Crippen LogP contribution in [0.3, 0.4) is 0 Å². The zero-order valence-corrected chi connectivity index (χ0v) is 8.13. The molecular weight excluding hydrogens is 176 g/mol. The van der Waals surface area contributed by atoms with Crippen molar-refractivity contribution >= 4 is 0 Å². The second-order valence-corrected chi connectivity index (χ2v) is 3.97. The van der Waals surface area contributed by atoms with Gasteiger partial charge >= 0.3 is 0 Å². The first-order valence-corrected chi connectivity index (χ1v) is 5.05. The van der Waals surface area contributed by atoms with E-state index in [4.69, 9.17) is 11.5 Å². The summed E-state index contributed by atoms with van der Waals surface area (Å²) in [6, 6.07) is 2.07. The molecule has 1 aliphatic rings. The van der Waals surface area contributed by atoms with Crippen LogP contribution in [0.2, 0.25) is 0 Å². The van der Waals surface area contributed by atoms with Crippen molar-refractivity contribution < 1.29 is 0 Å². The molecule has 1 fully saturated rings. The number of hydrogen-bond acceptors (Lipinski definition) is 4. The van der Waals surface area contributed by atoms with Crippen LogP contribution < -0.4 is 11.5 Å². The van der Waals surface area contributed by atoms with Crippen molar-refractivity contribution in [1.29, 1.82) is 0 Å².